The van der Waals surface area contributed by atoms with E-state index in [4.69, 9.17) is 5.73 Å². The molecular formula is C17H17N3O6S2. The predicted molar refractivity (Wildman–Crippen MR) is 103 cm³/mol. The van der Waals surface area contributed by atoms with Crippen molar-refractivity contribution in [3.63, 3.8) is 0 Å². The third kappa shape index (κ3) is 3.97. The van der Waals surface area contributed by atoms with Crippen molar-refractivity contribution in [1.29, 1.82) is 0 Å². The van der Waals surface area contributed by atoms with Gasteiger partial charge in [0.1, 0.15) is 6.04 Å². The SMILES string of the molecule is Cc1cc(N)ccc1N=NC1CC=C(S(=O)(=O)O)c2cccc(S(=O)(=O)O)c21. The standard InChI is InChI=1S/C17H17N3O6S2/c1-10-9-11(18)5-6-13(10)19-20-14-7-8-15(27(21,22)23)12-3-2-4-16(17(12)14)28(24,25)26/h2-6,8-9,14H,7,18H2,1H3,(H,21,22,23)(H,24,25,26). The van der Waals surface area contributed by atoms with E-state index in [1.807, 2.05) is 0 Å². The van der Waals surface area contributed by atoms with Gasteiger partial charge in [-0.25, -0.2) is 0 Å². The lowest BCUT2D eigenvalue weighted by Crippen LogP contribution is -2.15. The zero-order valence-electron chi connectivity index (χ0n) is 14.6. The maximum Gasteiger partial charge on any atom is 0.294 e. The number of hydrogen-bond acceptors (Lipinski definition) is 7. The van der Waals surface area contributed by atoms with E-state index in [0.717, 1.165) is 11.6 Å². The molecule has 2 aromatic rings. The van der Waals surface area contributed by atoms with Gasteiger partial charge in [-0.2, -0.15) is 27.1 Å². The fourth-order valence-corrected chi connectivity index (χ4v) is 4.58. The predicted octanol–water partition coefficient (Wildman–Crippen LogP) is 3.28. The molecule has 1 unspecified atom stereocenters. The molecule has 0 saturated carbocycles. The second-order valence-electron chi connectivity index (χ2n) is 6.25. The van der Waals surface area contributed by atoms with Crippen molar-refractivity contribution in [2.75, 3.05) is 5.73 Å². The summed E-state index contributed by atoms with van der Waals surface area (Å²) in [4.78, 5) is -0.930. The van der Waals surface area contributed by atoms with Crippen LogP contribution in [-0.4, -0.2) is 25.9 Å². The number of nitrogens with zero attached hydrogens (tertiary/aromatic N) is 2. The monoisotopic (exact) mass is 423 g/mol. The van der Waals surface area contributed by atoms with E-state index < -0.39 is 36.1 Å². The first kappa shape index (κ1) is 20.1. The van der Waals surface area contributed by atoms with E-state index in [0.29, 0.717) is 11.4 Å². The van der Waals surface area contributed by atoms with Gasteiger partial charge in [0.2, 0.25) is 0 Å². The first-order chi connectivity index (χ1) is 13.0. The molecule has 3 rings (SSSR count). The van der Waals surface area contributed by atoms with Gasteiger partial charge in [-0.05, 0) is 43.2 Å². The van der Waals surface area contributed by atoms with Gasteiger partial charge in [-0.1, -0.05) is 18.2 Å². The highest BCUT2D eigenvalue weighted by molar-refractivity contribution is 7.95. The number of nitrogen functional groups attached to an aromatic ring is 1. The Labute approximate surface area is 162 Å². The zero-order valence-corrected chi connectivity index (χ0v) is 16.3. The van der Waals surface area contributed by atoms with Crippen LogP contribution in [-0.2, 0) is 20.2 Å². The Kier molecular flexibility index (Phi) is 5.10. The van der Waals surface area contributed by atoms with Crippen LogP contribution in [0.2, 0.25) is 0 Å². The molecule has 0 saturated heterocycles. The Morgan fingerprint density at radius 2 is 1.79 bits per heavy atom. The molecule has 1 atom stereocenters. The molecule has 1 aliphatic rings. The van der Waals surface area contributed by atoms with Crippen LogP contribution in [0.5, 0.6) is 0 Å². The van der Waals surface area contributed by atoms with E-state index in [-0.39, 0.29) is 17.5 Å². The summed E-state index contributed by atoms with van der Waals surface area (Å²) < 4.78 is 66.0. The minimum Gasteiger partial charge on any atom is -0.399 e. The molecule has 0 bridgehead atoms. The number of hydrogen-bond donors (Lipinski definition) is 3. The topological polar surface area (TPSA) is 159 Å². The summed E-state index contributed by atoms with van der Waals surface area (Å²) in [7, 11) is -9.27. The molecule has 0 fully saturated rings. The van der Waals surface area contributed by atoms with Crippen molar-refractivity contribution in [3.05, 3.63) is 59.2 Å². The lowest BCUT2D eigenvalue weighted by molar-refractivity contribution is 0.479. The molecule has 0 aliphatic heterocycles. The molecule has 4 N–H and O–H groups in total. The van der Waals surface area contributed by atoms with Crippen molar-refractivity contribution in [1.82, 2.24) is 0 Å². The number of nitrogens with two attached hydrogens (primary N) is 1. The van der Waals surface area contributed by atoms with Crippen molar-refractivity contribution < 1.29 is 25.9 Å². The van der Waals surface area contributed by atoms with Crippen molar-refractivity contribution in [2.24, 2.45) is 10.2 Å². The highest BCUT2D eigenvalue weighted by Gasteiger charge is 2.32. The Morgan fingerprint density at radius 1 is 1.07 bits per heavy atom. The first-order valence-corrected chi connectivity index (χ1v) is 10.9. The lowest BCUT2D eigenvalue weighted by atomic mass is 9.93. The van der Waals surface area contributed by atoms with E-state index in [1.165, 1.54) is 18.2 Å². The molecule has 0 aromatic heterocycles. The molecule has 9 nitrogen and oxygen atoms in total. The van der Waals surface area contributed by atoms with Crippen molar-refractivity contribution in [2.45, 2.75) is 24.3 Å². The van der Waals surface area contributed by atoms with Crippen molar-refractivity contribution >= 4 is 36.5 Å². The number of azo groups is 1. The second-order valence-corrected chi connectivity index (χ2v) is 9.03. The Balaban J connectivity index is 2.16. The van der Waals surface area contributed by atoms with Crippen LogP contribution in [0, 0.1) is 6.92 Å². The Bertz CT molecular complexity index is 1220. The molecule has 11 heteroatoms. The molecular weight excluding hydrogens is 406 g/mol. The highest BCUT2D eigenvalue weighted by Crippen LogP contribution is 2.41. The molecule has 0 heterocycles. The normalized spacial score (nSPS) is 17.4. The van der Waals surface area contributed by atoms with Crippen LogP contribution in [0.3, 0.4) is 0 Å². The van der Waals surface area contributed by atoms with Gasteiger partial charge in [0.25, 0.3) is 20.2 Å². The average molecular weight is 423 g/mol. The Hall–Kier alpha value is -2.60. The first-order valence-electron chi connectivity index (χ1n) is 8.04. The van der Waals surface area contributed by atoms with Gasteiger partial charge < -0.3 is 5.73 Å². The minimum absolute atomic E-state index is 0.0355. The number of anilines is 1. The summed E-state index contributed by atoms with van der Waals surface area (Å²) in [5, 5.41) is 8.30. The fraction of sp³-hybridized carbons (Fsp3) is 0.176. The fourth-order valence-electron chi connectivity index (χ4n) is 3.05. The van der Waals surface area contributed by atoms with Crippen LogP contribution in [0.1, 0.15) is 29.2 Å². The van der Waals surface area contributed by atoms with Crippen LogP contribution in [0.25, 0.3) is 4.91 Å². The summed E-state index contributed by atoms with van der Waals surface area (Å²) in [6.45, 7) is 1.78. The third-order valence-corrected chi connectivity index (χ3v) is 6.13. The van der Waals surface area contributed by atoms with E-state index in [2.05, 4.69) is 10.2 Å². The number of benzene rings is 2. The molecule has 1 aliphatic carbocycles. The van der Waals surface area contributed by atoms with E-state index >= 15 is 0 Å². The maximum atomic E-state index is 11.8. The number of fused-ring (bicyclic) bond motifs is 1. The maximum absolute atomic E-state index is 11.8. The van der Waals surface area contributed by atoms with Crippen LogP contribution < -0.4 is 5.73 Å². The molecule has 2 aromatic carbocycles. The molecule has 0 spiro atoms. The van der Waals surface area contributed by atoms with Gasteiger partial charge in [-0.15, -0.1) is 0 Å². The molecule has 28 heavy (non-hydrogen) atoms. The lowest BCUT2D eigenvalue weighted by Gasteiger charge is -2.23. The highest BCUT2D eigenvalue weighted by atomic mass is 32.2. The summed E-state index contributed by atoms with van der Waals surface area (Å²) in [6, 6.07) is 7.84. The average Bonchev–Trinajstić information content (AvgIpc) is 2.58. The summed E-state index contributed by atoms with van der Waals surface area (Å²) in [5.41, 5.74) is 7.40. The van der Waals surface area contributed by atoms with Gasteiger partial charge in [-0.3, -0.25) is 9.11 Å². The van der Waals surface area contributed by atoms with E-state index in [9.17, 15) is 25.9 Å². The minimum atomic E-state index is -4.66. The zero-order chi connectivity index (χ0) is 20.7. The second kappa shape index (κ2) is 7.09. The summed E-state index contributed by atoms with van der Waals surface area (Å²) in [5.74, 6) is 0. The Morgan fingerprint density at radius 3 is 2.39 bits per heavy atom. The smallest absolute Gasteiger partial charge is 0.294 e. The summed E-state index contributed by atoms with van der Waals surface area (Å²) >= 11 is 0. The van der Waals surface area contributed by atoms with E-state index in [1.54, 1.807) is 25.1 Å². The number of aryl methyl sites for hydroxylation is 1. The van der Waals surface area contributed by atoms with Crippen LogP contribution >= 0.6 is 0 Å². The van der Waals surface area contributed by atoms with Gasteiger partial charge in [0.05, 0.1) is 15.5 Å². The molecule has 148 valence electrons. The van der Waals surface area contributed by atoms with Gasteiger partial charge >= 0.3 is 0 Å². The quantitative estimate of drug-likeness (QED) is 0.386. The van der Waals surface area contributed by atoms with Crippen LogP contribution in [0.15, 0.2) is 57.6 Å². The third-order valence-electron chi connectivity index (χ3n) is 4.27. The number of rotatable bonds is 4. The molecule has 0 radical (unpaired) electrons. The van der Waals surface area contributed by atoms with Gasteiger partial charge in [0, 0.05) is 16.8 Å². The van der Waals surface area contributed by atoms with Gasteiger partial charge in [0.15, 0.2) is 0 Å². The summed E-state index contributed by atoms with van der Waals surface area (Å²) in [6.07, 6.45) is 1.21. The van der Waals surface area contributed by atoms with Crippen LogP contribution in [0.4, 0.5) is 11.4 Å². The van der Waals surface area contributed by atoms with Crippen molar-refractivity contribution in [3.8, 4) is 0 Å². The molecule has 0 amide bonds. The largest absolute Gasteiger partial charge is 0.399 e.